The molecule has 2 amide bonds. The van der Waals surface area contributed by atoms with Gasteiger partial charge in [0.2, 0.25) is 0 Å². The van der Waals surface area contributed by atoms with Crippen LogP contribution in [0.1, 0.15) is 20.7 Å². The normalized spacial score (nSPS) is 17.0. The van der Waals surface area contributed by atoms with Crippen LogP contribution in [0.4, 0.5) is 15.8 Å². The summed E-state index contributed by atoms with van der Waals surface area (Å²) in [7, 11) is -4.38. The number of nitro benzene ring substituents is 1. The van der Waals surface area contributed by atoms with E-state index in [0.29, 0.717) is 0 Å². The molecule has 0 aliphatic carbocycles. The number of imide groups is 1. The van der Waals surface area contributed by atoms with E-state index >= 15 is 0 Å². The smallest absolute Gasteiger partial charge is 0.273 e. The van der Waals surface area contributed by atoms with Crippen LogP contribution in [0.2, 0.25) is 5.02 Å². The molecule has 0 bridgehead atoms. The molecule has 0 fully saturated rings. The topological polar surface area (TPSA) is 127 Å². The fourth-order valence-electron chi connectivity index (χ4n) is 4.12. The summed E-state index contributed by atoms with van der Waals surface area (Å²) in [5.41, 5.74) is -0.246. The van der Waals surface area contributed by atoms with Crippen LogP contribution in [0.5, 0.6) is 5.75 Å². The number of non-ortho nitro benzene ring substituents is 1. The highest BCUT2D eigenvalue weighted by Gasteiger charge is 2.42. The summed E-state index contributed by atoms with van der Waals surface area (Å²) in [4.78, 5) is 37.0. The maximum Gasteiger partial charge on any atom is 0.273 e. The highest BCUT2D eigenvalue weighted by molar-refractivity contribution is 7.92. The third kappa shape index (κ3) is 3.84. The number of hydrogen-bond acceptors (Lipinski definition) is 7. The predicted molar refractivity (Wildman–Crippen MR) is 125 cm³/mol. The molecule has 3 aromatic rings. The number of nitro groups is 1. The van der Waals surface area contributed by atoms with Gasteiger partial charge in [-0.15, -0.1) is 0 Å². The molecule has 13 heteroatoms. The SMILES string of the molecule is O=C1c2ccccc2C(=O)N1CC1CN(S(=O)(=O)c2ccc(F)cc2)c2cc([N+](=O)[O-])cc(Cl)c2O1. The first-order chi connectivity index (χ1) is 17.1. The van der Waals surface area contributed by atoms with Gasteiger partial charge in [-0.05, 0) is 36.4 Å². The standard InChI is InChI=1S/C23H15ClFN3O7S/c24-19-9-14(28(31)32)10-20-21(19)35-15(11-26-22(29)17-3-1-2-4-18(17)23(26)30)12-27(20)36(33,34)16-7-5-13(25)6-8-16/h1-10,15H,11-12H2. The van der Waals surface area contributed by atoms with Crippen molar-refractivity contribution in [2.45, 2.75) is 11.0 Å². The molecule has 3 aromatic carbocycles. The van der Waals surface area contributed by atoms with Crippen molar-refractivity contribution in [3.63, 3.8) is 0 Å². The number of fused-ring (bicyclic) bond motifs is 2. The van der Waals surface area contributed by atoms with Crippen molar-refractivity contribution in [2.24, 2.45) is 0 Å². The van der Waals surface area contributed by atoms with Crippen molar-refractivity contribution in [3.05, 3.63) is 92.7 Å². The minimum Gasteiger partial charge on any atom is -0.483 e. The van der Waals surface area contributed by atoms with Crippen LogP contribution in [0.15, 0.2) is 65.6 Å². The van der Waals surface area contributed by atoms with Crippen molar-refractivity contribution in [1.29, 1.82) is 0 Å². The zero-order chi connectivity index (χ0) is 25.8. The van der Waals surface area contributed by atoms with Crippen LogP contribution in [0, 0.1) is 15.9 Å². The molecular weight excluding hydrogens is 517 g/mol. The van der Waals surface area contributed by atoms with Crippen molar-refractivity contribution in [1.82, 2.24) is 4.90 Å². The Bertz CT molecular complexity index is 1510. The number of halogens is 2. The van der Waals surface area contributed by atoms with Crippen LogP contribution in [-0.2, 0) is 10.0 Å². The van der Waals surface area contributed by atoms with Crippen LogP contribution in [-0.4, -0.2) is 49.2 Å². The molecule has 0 saturated carbocycles. The molecule has 0 saturated heterocycles. The highest BCUT2D eigenvalue weighted by atomic mass is 35.5. The first-order valence-electron chi connectivity index (χ1n) is 10.5. The molecule has 2 aliphatic rings. The van der Waals surface area contributed by atoms with E-state index in [9.17, 15) is 32.5 Å². The van der Waals surface area contributed by atoms with E-state index in [4.69, 9.17) is 16.3 Å². The molecule has 0 aromatic heterocycles. The third-order valence-electron chi connectivity index (χ3n) is 5.81. The summed E-state index contributed by atoms with van der Waals surface area (Å²) < 4.78 is 47.2. The zero-order valence-electron chi connectivity index (χ0n) is 18.1. The fourth-order valence-corrected chi connectivity index (χ4v) is 5.87. The van der Waals surface area contributed by atoms with Gasteiger partial charge in [0.25, 0.3) is 27.5 Å². The second-order valence-corrected chi connectivity index (χ2v) is 10.3. The number of ether oxygens (including phenoxy) is 1. The average Bonchev–Trinajstić information content (AvgIpc) is 3.09. The van der Waals surface area contributed by atoms with Crippen molar-refractivity contribution < 1.29 is 32.1 Å². The quantitative estimate of drug-likeness (QED) is 0.279. The average molecular weight is 532 g/mol. The highest BCUT2D eigenvalue weighted by Crippen LogP contribution is 2.44. The number of amides is 2. The Hall–Kier alpha value is -4.03. The first-order valence-corrected chi connectivity index (χ1v) is 12.3. The van der Waals surface area contributed by atoms with Gasteiger partial charge in [-0.25, -0.2) is 12.8 Å². The van der Waals surface area contributed by atoms with Gasteiger partial charge in [0.05, 0.1) is 39.1 Å². The van der Waals surface area contributed by atoms with Crippen molar-refractivity contribution in [3.8, 4) is 5.75 Å². The maximum absolute atomic E-state index is 13.5. The zero-order valence-corrected chi connectivity index (χ0v) is 19.7. The lowest BCUT2D eigenvalue weighted by molar-refractivity contribution is -0.384. The minimum absolute atomic E-state index is 0.166. The van der Waals surface area contributed by atoms with E-state index in [1.54, 1.807) is 12.1 Å². The van der Waals surface area contributed by atoms with Gasteiger partial charge in [-0.1, -0.05) is 23.7 Å². The largest absolute Gasteiger partial charge is 0.483 e. The second-order valence-electron chi connectivity index (χ2n) is 8.03. The second kappa shape index (κ2) is 8.57. The number of carbonyl (C=O) groups is 2. The summed E-state index contributed by atoms with van der Waals surface area (Å²) in [5, 5.41) is 11.2. The first kappa shape index (κ1) is 23.7. The van der Waals surface area contributed by atoms with Crippen molar-refractivity contribution >= 4 is 44.8 Å². The summed E-state index contributed by atoms with van der Waals surface area (Å²) in [6, 6.07) is 12.3. The molecule has 0 N–H and O–H groups in total. The third-order valence-corrected chi connectivity index (χ3v) is 7.88. The monoisotopic (exact) mass is 531 g/mol. The minimum atomic E-state index is -4.38. The van der Waals surface area contributed by atoms with Gasteiger partial charge in [-0.2, -0.15) is 0 Å². The van der Waals surface area contributed by atoms with Gasteiger partial charge < -0.3 is 4.74 Å². The van der Waals surface area contributed by atoms with E-state index in [-0.39, 0.29) is 39.0 Å². The maximum atomic E-state index is 13.5. The molecule has 2 aliphatic heterocycles. The van der Waals surface area contributed by atoms with E-state index in [0.717, 1.165) is 45.6 Å². The van der Waals surface area contributed by atoms with Gasteiger partial charge in [0.1, 0.15) is 17.6 Å². The molecule has 10 nitrogen and oxygen atoms in total. The Morgan fingerprint density at radius 3 is 2.25 bits per heavy atom. The van der Waals surface area contributed by atoms with Crippen LogP contribution in [0.25, 0.3) is 0 Å². The Labute approximate surface area is 208 Å². The van der Waals surface area contributed by atoms with Crippen LogP contribution >= 0.6 is 11.6 Å². The van der Waals surface area contributed by atoms with Crippen molar-refractivity contribution in [2.75, 3.05) is 17.4 Å². The lowest BCUT2D eigenvalue weighted by atomic mass is 10.1. The Morgan fingerprint density at radius 2 is 1.67 bits per heavy atom. The molecule has 184 valence electrons. The molecular formula is C23H15ClFN3O7S. The Morgan fingerprint density at radius 1 is 1.06 bits per heavy atom. The molecule has 2 heterocycles. The number of sulfonamides is 1. The lowest BCUT2D eigenvalue weighted by Gasteiger charge is -2.36. The number of benzene rings is 3. The van der Waals surface area contributed by atoms with Gasteiger partial charge in [0, 0.05) is 12.1 Å². The van der Waals surface area contributed by atoms with E-state index in [2.05, 4.69) is 0 Å². The number of rotatable bonds is 5. The van der Waals surface area contributed by atoms with Crippen LogP contribution < -0.4 is 9.04 Å². The van der Waals surface area contributed by atoms with E-state index in [1.807, 2.05) is 0 Å². The molecule has 1 unspecified atom stereocenters. The molecule has 1 atom stereocenters. The van der Waals surface area contributed by atoms with E-state index < -0.39 is 50.9 Å². The molecule has 5 rings (SSSR count). The number of carbonyl (C=O) groups excluding carboxylic acids is 2. The summed E-state index contributed by atoms with van der Waals surface area (Å²) in [6.07, 6.45) is -1.06. The lowest BCUT2D eigenvalue weighted by Crippen LogP contribution is -2.49. The predicted octanol–water partition coefficient (Wildman–Crippen LogP) is 3.64. The van der Waals surface area contributed by atoms with Gasteiger partial charge in [-0.3, -0.25) is 28.9 Å². The Balaban J connectivity index is 1.56. The van der Waals surface area contributed by atoms with E-state index in [1.165, 1.54) is 12.1 Å². The summed E-state index contributed by atoms with van der Waals surface area (Å²) in [6.45, 7) is -0.716. The molecule has 0 spiro atoms. The van der Waals surface area contributed by atoms with Gasteiger partial charge >= 0.3 is 0 Å². The number of nitrogens with zero attached hydrogens (tertiary/aromatic N) is 3. The summed E-state index contributed by atoms with van der Waals surface area (Å²) >= 11 is 6.24. The van der Waals surface area contributed by atoms with Crippen LogP contribution in [0.3, 0.4) is 0 Å². The van der Waals surface area contributed by atoms with Gasteiger partial charge in [0.15, 0.2) is 5.75 Å². The summed E-state index contributed by atoms with van der Waals surface area (Å²) in [5.74, 6) is -1.94. The number of anilines is 1. The molecule has 36 heavy (non-hydrogen) atoms. The molecule has 0 radical (unpaired) electrons. The Kier molecular flexibility index (Phi) is 5.64. The fraction of sp³-hybridized carbons (Fsp3) is 0.130. The number of hydrogen-bond donors (Lipinski definition) is 0.